The van der Waals surface area contributed by atoms with E-state index in [1.54, 1.807) is 0 Å². The Kier molecular flexibility index (Phi) is 45.3. The zero-order chi connectivity index (χ0) is 52.0. The SMILES string of the molecule is C.C=CP(=O)(OC)OC.COP(=O)(CCOCC(CN=[N+]=[N-])(CN=[N+]=[N-])CN=[N+]=[N-])OC.[N-]=[N+]=NCC(CN=[N+]=[N-])(CN=[N+]=[N-])COCCP(=O)(O)O.[N-]=[N+]=NCC(CO)(CN=[N+]=[N-])CN=[N+]=[N-]. The number of rotatable bonds is 34. The van der Waals surface area contributed by atoms with E-state index in [1.807, 2.05) is 0 Å². The van der Waals surface area contributed by atoms with Gasteiger partial charge in [-0.15, -0.1) is 0 Å². The quantitative estimate of drug-likeness (QED) is 0.0178. The van der Waals surface area contributed by atoms with Gasteiger partial charge in [-0.2, -0.15) is 0 Å². The van der Waals surface area contributed by atoms with E-state index in [9.17, 15) is 13.7 Å². The topological polar surface area (TPSA) is 606 Å². The Morgan fingerprint density at radius 2 is 0.735 bits per heavy atom. The van der Waals surface area contributed by atoms with Crippen molar-refractivity contribution in [3.05, 3.63) is 106 Å². The monoisotopic (exact) mass is 1030 g/mol. The van der Waals surface area contributed by atoms with Gasteiger partial charge in [-0.05, 0) is 49.8 Å². The molecule has 0 aromatic rings. The van der Waals surface area contributed by atoms with Gasteiger partial charge in [0.2, 0.25) is 0 Å². The van der Waals surface area contributed by atoms with Crippen LogP contribution in [0.3, 0.4) is 0 Å². The van der Waals surface area contributed by atoms with Gasteiger partial charge in [-0.1, -0.05) is 60.0 Å². The normalized spacial score (nSPS) is 12.6. The molecule has 0 aromatic carbocycles. The highest BCUT2D eigenvalue weighted by Gasteiger charge is 2.31. The van der Waals surface area contributed by atoms with Crippen molar-refractivity contribution >= 4 is 22.8 Å². The van der Waals surface area contributed by atoms with Crippen LogP contribution >= 0.6 is 22.8 Å². The van der Waals surface area contributed by atoms with Crippen LogP contribution in [-0.4, -0.2) is 148 Å². The fraction of sp³-hybridized carbons (Fsp3) is 0.923. The summed E-state index contributed by atoms with van der Waals surface area (Å²) in [5, 5.41) is 39.3. The Balaban J connectivity index is -0.000000272. The van der Waals surface area contributed by atoms with Gasteiger partial charge < -0.3 is 42.5 Å². The minimum absolute atomic E-state index is 0. The maximum absolute atomic E-state index is 11.9. The molecule has 42 heteroatoms. The van der Waals surface area contributed by atoms with Crippen LogP contribution in [0, 0.1) is 16.2 Å². The van der Waals surface area contributed by atoms with Crippen LogP contribution in [0.25, 0.3) is 94.0 Å². The predicted molar refractivity (Wildman–Crippen MR) is 244 cm³/mol. The second kappa shape index (κ2) is 43.4. The van der Waals surface area contributed by atoms with Gasteiger partial charge in [-0.25, -0.2) is 0 Å². The van der Waals surface area contributed by atoms with Gasteiger partial charge in [0.1, 0.15) is 0 Å². The molecule has 0 unspecified atom stereocenters. The maximum Gasteiger partial charge on any atom is 0.353 e. The number of aliphatic hydroxyl groups excluding tert-OH is 1. The van der Waals surface area contributed by atoms with Crippen molar-refractivity contribution < 1.29 is 56.2 Å². The van der Waals surface area contributed by atoms with Crippen LogP contribution in [0.2, 0.25) is 0 Å². The molecule has 380 valence electrons. The van der Waals surface area contributed by atoms with Crippen molar-refractivity contribution in [2.45, 2.75) is 7.43 Å². The summed E-state index contributed by atoms with van der Waals surface area (Å²) in [6.07, 6.45) is -0.464. The second-order valence-electron chi connectivity index (χ2n) is 12.4. The number of azide groups is 9. The van der Waals surface area contributed by atoms with Crippen LogP contribution in [0.1, 0.15) is 7.43 Å². The third-order valence-corrected chi connectivity index (χ3v) is 11.8. The average Bonchev–Trinajstić information content (AvgIpc) is 3.34. The van der Waals surface area contributed by atoms with Gasteiger partial charge in [0, 0.05) is 160 Å². The molecule has 0 fully saturated rings. The molecule has 0 saturated heterocycles. The molecular weight excluding hydrogens is 975 g/mol. The average molecular weight is 1030 g/mol. The highest BCUT2D eigenvalue weighted by atomic mass is 31.2. The summed E-state index contributed by atoms with van der Waals surface area (Å²) in [5.41, 5.74) is 71.9. The summed E-state index contributed by atoms with van der Waals surface area (Å²) in [7, 11) is -5.13. The fourth-order valence-electron chi connectivity index (χ4n) is 3.93. The smallest absolute Gasteiger partial charge is 0.353 e. The number of hydrogen-bond acceptors (Lipinski definition) is 19. The van der Waals surface area contributed by atoms with Crippen LogP contribution in [-0.2, 0) is 41.3 Å². The Labute approximate surface area is 387 Å². The van der Waals surface area contributed by atoms with E-state index in [4.69, 9.17) is 83.2 Å². The zero-order valence-corrected chi connectivity index (χ0v) is 39.2. The minimum atomic E-state index is -4.18. The molecule has 0 aromatic heterocycles. The molecule has 68 heavy (non-hydrogen) atoms. The van der Waals surface area contributed by atoms with Gasteiger partial charge in [-0.3, -0.25) is 13.7 Å². The van der Waals surface area contributed by atoms with Crippen LogP contribution in [0.5, 0.6) is 0 Å². The van der Waals surface area contributed by atoms with Crippen LogP contribution in [0.15, 0.2) is 58.4 Å². The lowest BCUT2D eigenvalue weighted by atomic mass is 9.89. The highest BCUT2D eigenvalue weighted by molar-refractivity contribution is 7.57. The van der Waals surface area contributed by atoms with E-state index in [1.165, 1.54) is 28.4 Å². The lowest BCUT2D eigenvalue weighted by Gasteiger charge is -2.29. The number of nitrogens with zero attached hydrogens (tertiary/aromatic N) is 27. The Bertz CT molecular complexity index is 1910. The van der Waals surface area contributed by atoms with Crippen molar-refractivity contribution in [1.82, 2.24) is 0 Å². The molecule has 0 aliphatic rings. The van der Waals surface area contributed by atoms with Crippen molar-refractivity contribution in [1.29, 1.82) is 0 Å². The number of aliphatic hydroxyl groups is 1. The zero-order valence-electron chi connectivity index (χ0n) is 36.5. The van der Waals surface area contributed by atoms with E-state index in [0.29, 0.717) is 0 Å². The molecule has 0 rings (SSSR count). The van der Waals surface area contributed by atoms with E-state index >= 15 is 0 Å². The minimum Gasteiger partial charge on any atom is -0.396 e. The second-order valence-corrected chi connectivity index (χ2v) is 18.8. The van der Waals surface area contributed by atoms with Crippen molar-refractivity contribution in [3.63, 3.8) is 0 Å². The molecular formula is C26H54N27O12P3. The summed E-state index contributed by atoms with van der Waals surface area (Å²) in [6, 6.07) is 0. The first-order chi connectivity index (χ1) is 31.8. The van der Waals surface area contributed by atoms with E-state index < -0.39 is 51.8 Å². The molecule has 0 spiro atoms. The van der Waals surface area contributed by atoms with Gasteiger partial charge in [0.15, 0.2) is 0 Å². The first-order valence-electron chi connectivity index (χ1n) is 17.8. The Morgan fingerprint density at radius 1 is 0.485 bits per heavy atom. The van der Waals surface area contributed by atoms with Crippen molar-refractivity contribution in [2.24, 2.45) is 62.3 Å². The van der Waals surface area contributed by atoms with Gasteiger partial charge in [0.25, 0.3) is 0 Å². The van der Waals surface area contributed by atoms with Crippen LogP contribution < -0.4 is 0 Å². The molecule has 39 nitrogen and oxygen atoms in total. The largest absolute Gasteiger partial charge is 0.396 e. The summed E-state index contributed by atoms with van der Waals surface area (Å²) in [4.78, 5) is 40.7. The molecule has 0 saturated carbocycles. The molecule has 0 atom stereocenters. The predicted octanol–water partition coefficient (Wildman–Crippen LogP) is 9.65. The molecule has 0 heterocycles. The van der Waals surface area contributed by atoms with Crippen molar-refractivity contribution in [2.75, 3.05) is 133 Å². The van der Waals surface area contributed by atoms with Gasteiger partial charge in [0.05, 0.1) is 38.8 Å². The summed E-state index contributed by atoms with van der Waals surface area (Å²) < 4.78 is 62.3. The van der Waals surface area contributed by atoms with E-state index in [0.717, 1.165) is 5.82 Å². The van der Waals surface area contributed by atoms with Crippen molar-refractivity contribution in [3.8, 4) is 0 Å². The first-order valence-corrected chi connectivity index (χ1v) is 22.9. The highest BCUT2D eigenvalue weighted by Crippen LogP contribution is 2.47. The molecule has 0 bridgehead atoms. The molecule has 0 aliphatic carbocycles. The Morgan fingerprint density at radius 3 is 0.912 bits per heavy atom. The standard InChI is InChI=1S/C9H18N9O4P.C7H14N9O4P.C5H9N9O.C4H9O3P.CH4/c1-20-23(19,21-2)4-3-22-8-9(5-13-16-10,6-14-17-11)7-15-18-12;8-14-11-3-7(4-12-15-9,5-13-16-10)6-20-1-2-21(17,18)19;6-12-9-1-5(4-15,2-10-13-7)3-11-14-8;1-4-8(5,6-2)7-3;/h3-8H2,1-2H3;1-6H2,(H2,17,18,19);15H,1-4H2;4H,1H2,2-3H3;1H4. The maximum atomic E-state index is 11.9. The molecule has 0 radical (unpaired) electrons. The molecule has 0 amide bonds. The Hall–Kier alpha value is -6.14. The lowest BCUT2D eigenvalue weighted by molar-refractivity contribution is 0.0632. The summed E-state index contributed by atoms with van der Waals surface area (Å²) >= 11 is 0. The number of hydrogen-bond donors (Lipinski definition) is 3. The van der Waals surface area contributed by atoms with E-state index in [-0.39, 0.29) is 98.9 Å². The summed E-state index contributed by atoms with van der Waals surface area (Å²) in [6.45, 7) is 1.44. The fourth-order valence-corrected chi connectivity index (χ4v) is 5.61. The third-order valence-electron chi connectivity index (χ3n) is 7.70. The van der Waals surface area contributed by atoms with Crippen LogP contribution in [0.4, 0.5) is 0 Å². The summed E-state index contributed by atoms with van der Waals surface area (Å²) in [5.74, 6) is 1.16. The first kappa shape index (κ1) is 70.9. The van der Waals surface area contributed by atoms with E-state index in [2.05, 4.69) is 106 Å². The number of ether oxygens (including phenoxy) is 2. The lowest BCUT2D eigenvalue weighted by Crippen LogP contribution is -2.37. The molecule has 0 aliphatic heterocycles. The molecule has 3 N–H and O–H groups in total. The third kappa shape index (κ3) is 37.0. The van der Waals surface area contributed by atoms with Gasteiger partial charge >= 0.3 is 22.8 Å².